The Morgan fingerprint density at radius 3 is 1.76 bits per heavy atom. The summed E-state index contributed by atoms with van der Waals surface area (Å²) in [5.74, 6) is -10.2. The first-order valence-electron chi connectivity index (χ1n) is 16.0. The van der Waals surface area contributed by atoms with Crippen LogP contribution in [0, 0.1) is 29.1 Å². The Labute approximate surface area is 278 Å². The van der Waals surface area contributed by atoms with Crippen LogP contribution in [-0.4, -0.2) is 25.1 Å². The number of carbonyl (C=O) groups is 1. The minimum atomic E-state index is -5.01. The van der Waals surface area contributed by atoms with Crippen LogP contribution in [0.5, 0.6) is 17.2 Å². The summed E-state index contributed by atoms with van der Waals surface area (Å²) in [6, 6.07) is 4.75. The maximum absolute atomic E-state index is 14.7. The van der Waals surface area contributed by atoms with Crippen LogP contribution in [0.3, 0.4) is 0 Å². The van der Waals surface area contributed by atoms with E-state index in [0.717, 1.165) is 50.0 Å². The van der Waals surface area contributed by atoms with Crippen LogP contribution in [0.15, 0.2) is 42.5 Å². The molecule has 3 aromatic carbocycles. The summed E-state index contributed by atoms with van der Waals surface area (Å²) in [4.78, 5) is 12.4. The van der Waals surface area contributed by atoms with Gasteiger partial charge in [0.05, 0.1) is 6.61 Å². The van der Waals surface area contributed by atoms with Crippen LogP contribution in [0.25, 0.3) is 12.2 Å². The van der Waals surface area contributed by atoms with Crippen LogP contribution >= 0.6 is 0 Å². The van der Waals surface area contributed by atoms with E-state index in [9.17, 15) is 44.3 Å². The van der Waals surface area contributed by atoms with Crippen molar-refractivity contribution in [2.45, 2.75) is 90.1 Å². The molecule has 49 heavy (non-hydrogen) atoms. The molecule has 3 aromatic rings. The van der Waals surface area contributed by atoms with Gasteiger partial charge in [-0.15, -0.1) is 0 Å². The molecule has 0 amide bonds. The second-order valence-corrected chi connectivity index (χ2v) is 11.3. The van der Waals surface area contributed by atoms with Crippen molar-refractivity contribution >= 4 is 18.1 Å². The monoisotopic (exact) mass is 704 g/mol. The highest BCUT2D eigenvalue weighted by Crippen LogP contribution is 2.32. The molecule has 0 unspecified atom stereocenters. The van der Waals surface area contributed by atoms with E-state index < -0.39 is 70.2 Å². The van der Waals surface area contributed by atoms with E-state index in [4.69, 9.17) is 4.74 Å². The molecule has 0 heterocycles. The number of rotatable bonds is 20. The predicted octanol–water partition coefficient (Wildman–Crippen LogP) is 11.7. The van der Waals surface area contributed by atoms with Crippen molar-refractivity contribution in [2.24, 2.45) is 0 Å². The van der Waals surface area contributed by atoms with Crippen LogP contribution < -0.4 is 14.2 Å². The van der Waals surface area contributed by atoms with Gasteiger partial charge in [0.15, 0.2) is 11.6 Å². The third-order valence-corrected chi connectivity index (χ3v) is 7.39. The normalized spacial score (nSPS) is 11.8. The van der Waals surface area contributed by atoms with E-state index in [1.807, 2.05) is 0 Å². The number of hydrogen-bond donors (Lipinski definition) is 0. The van der Waals surface area contributed by atoms with E-state index in [-0.39, 0.29) is 17.9 Å². The molecular formula is C36H37F9O4. The molecule has 0 radical (unpaired) electrons. The summed E-state index contributed by atoms with van der Waals surface area (Å²) in [6.45, 7) is 2.48. The molecule has 0 saturated heterocycles. The SMILES string of the molecule is CCCCCCCCCCCCCOc1cc(F)c(/C=C/c2cc(F)c(C(=O)Oc3ccc(OC(F)(F)C(F)F)c(F)c3)c(F)c2)c(F)c1. The lowest BCUT2D eigenvalue weighted by Gasteiger charge is -2.17. The Morgan fingerprint density at radius 2 is 1.22 bits per heavy atom. The molecule has 0 aliphatic heterocycles. The molecule has 4 nitrogen and oxygen atoms in total. The number of unbranched alkanes of at least 4 members (excludes halogenated alkanes) is 10. The highest BCUT2D eigenvalue weighted by Gasteiger charge is 2.44. The van der Waals surface area contributed by atoms with Crippen molar-refractivity contribution in [1.29, 1.82) is 0 Å². The highest BCUT2D eigenvalue weighted by molar-refractivity contribution is 5.92. The smallest absolute Gasteiger partial charge is 0.461 e. The van der Waals surface area contributed by atoms with Crippen LogP contribution in [0.2, 0.25) is 0 Å². The average Bonchev–Trinajstić information content (AvgIpc) is 3.02. The van der Waals surface area contributed by atoms with E-state index in [1.54, 1.807) is 0 Å². The summed E-state index contributed by atoms with van der Waals surface area (Å²) < 4.78 is 137. The second kappa shape index (κ2) is 19.1. The summed E-state index contributed by atoms with van der Waals surface area (Å²) in [5.41, 5.74) is -1.96. The third-order valence-electron chi connectivity index (χ3n) is 7.39. The molecule has 13 heteroatoms. The maximum atomic E-state index is 14.7. The summed E-state index contributed by atoms with van der Waals surface area (Å²) in [5, 5.41) is 0. The van der Waals surface area contributed by atoms with Crippen molar-refractivity contribution < 1.29 is 58.5 Å². The quantitative estimate of drug-likeness (QED) is 0.0386. The lowest BCUT2D eigenvalue weighted by atomic mass is 10.1. The first-order valence-corrected chi connectivity index (χ1v) is 16.0. The molecule has 0 fully saturated rings. The van der Waals surface area contributed by atoms with Gasteiger partial charge in [0.25, 0.3) is 0 Å². The molecule has 0 atom stereocenters. The Kier molecular flexibility index (Phi) is 15.3. The van der Waals surface area contributed by atoms with E-state index in [1.165, 1.54) is 44.9 Å². The molecule has 0 saturated carbocycles. The molecule has 3 rings (SSSR count). The highest BCUT2D eigenvalue weighted by atomic mass is 19.3. The Bertz CT molecular complexity index is 1510. The molecule has 0 aliphatic rings. The number of carbonyl (C=O) groups excluding carboxylic acids is 1. The van der Waals surface area contributed by atoms with Crippen molar-refractivity contribution in [3.05, 3.63) is 88.2 Å². The van der Waals surface area contributed by atoms with Crippen molar-refractivity contribution in [3.63, 3.8) is 0 Å². The molecular weight excluding hydrogens is 667 g/mol. The Hall–Kier alpha value is -4.16. The summed E-state index contributed by atoms with van der Waals surface area (Å²) in [6.07, 6.45) is 5.27. The van der Waals surface area contributed by atoms with Crippen molar-refractivity contribution in [2.75, 3.05) is 6.61 Å². The van der Waals surface area contributed by atoms with Crippen molar-refractivity contribution in [1.82, 2.24) is 0 Å². The predicted molar refractivity (Wildman–Crippen MR) is 167 cm³/mol. The molecule has 0 spiro atoms. The molecule has 0 N–H and O–H groups in total. The number of hydrogen-bond acceptors (Lipinski definition) is 4. The van der Waals surface area contributed by atoms with Gasteiger partial charge < -0.3 is 14.2 Å². The van der Waals surface area contributed by atoms with Gasteiger partial charge in [-0.2, -0.15) is 17.6 Å². The largest absolute Gasteiger partial charge is 0.493 e. The lowest BCUT2D eigenvalue weighted by Crippen LogP contribution is -2.33. The standard InChI is InChI=1S/C36H37F9O4/c1-2-3-4-5-6-7-8-9-10-11-12-17-47-25-21-27(37)26(28(38)22-25)15-13-23-18-30(40)33(31(41)19-23)34(46)48-24-14-16-32(29(39)20-24)49-36(44,45)35(42)43/h13-16,18-22,35H,2-12,17H2,1H3/b15-13+. The van der Waals surface area contributed by atoms with Gasteiger partial charge in [-0.3, -0.25) is 0 Å². The van der Waals surface area contributed by atoms with E-state index in [0.29, 0.717) is 30.3 Å². The van der Waals surface area contributed by atoms with Crippen LogP contribution in [0.1, 0.15) is 99.0 Å². The van der Waals surface area contributed by atoms with Crippen LogP contribution in [0.4, 0.5) is 39.5 Å². The fraction of sp³-hybridized carbons (Fsp3) is 0.417. The molecule has 0 aromatic heterocycles. The van der Waals surface area contributed by atoms with Gasteiger partial charge in [-0.1, -0.05) is 77.2 Å². The summed E-state index contributed by atoms with van der Waals surface area (Å²) >= 11 is 0. The maximum Gasteiger partial charge on any atom is 0.461 e. The summed E-state index contributed by atoms with van der Waals surface area (Å²) in [7, 11) is 0. The fourth-order valence-corrected chi connectivity index (χ4v) is 4.80. The average molecular weight is 705 g/mol. The minimum Gasteiger partial charge on any atom is -0.493 e. The van der Waals surface area contributed by atoms with Gasteiger partial charge in [0.1, 0.15) is 40.3 Å². The number of esters is 1. The van der Waals surface area contributed by atoms with Gasteiger partial charge in [-0.05, 0) is 42.3 Å². The number of ether oxygens (including phenoxy) is 3. The van der Waals surface area contributed by atoms with E-state index >= 15 is 0 Å². The van der Waals surface area contributed by atoms with E-state index in [2.05, 4.69) is 16.4 Å². The topological polar surface area (TPSA) is 44.8 Å². The van der Waals surface area contributed by atoms with Gasteiger partial charge >= 0.3 is 18.5 Å². The zero-order chi connectivity index (χ0) is 36.0. The zero-order valence-electron chi connectivity index (χ0n) is 26.8. The van der Waals surface area contributed by atoms with Crippen LogP contribution in [-0.2, 0) is 0 Å². The van der Waals surface area contributed by atoms with Gasteiger partial charge in [0.2, 0.25) is 0 Å². The van der Waals surface area contributed by atoms with Gasteiger partial charge in [-0.25, -0.2) is 26.7 Å². The fourth-order valence-electron chi connectivity index (χ4n) is 4.80. The first-order chi connectivity index (χ1) is 23.3. The molecule has 0 bridgehead atoms. The molecule has 268 valence electrons. The zero-order valence-corrected chi connectivity index (χ0v) is 26.8. The Morgan fingerprint density at radius 1 is 0.694 bits per heavy atom. The number of alkyl halides is 4. The molecule has 0 aliphatic carbocycles. The van der Waals surface area contributed by atoms with Crippen molar-refractivity contribution in [3.8, 4) is 17.2 Å². The third kappa shape index (κ3) is 12.3. The number of benzene rings is 3. The van der Waals surface area contributed by atoms with Gasteiger partial charge in [0, 0.05) is 23.8 Å². The number of halogens is 9. The first kappa shape index (κ1) is 39.3. The Balaban J connectivity index is 1.53. The minimum absolute atomic E-state index is 0.00710. The lowest BCUT2D eigenvalue weighted by molar-refractivity contribution is -0.254. The second-order valence-electron chi connectivity index (χ2n) is 11.3.